The molecule has 0 saturated carbocycles. The summed E-state index contributed by atoms with van der Waals surface area (Å²) in [7, 11) is 0. The van der Waals surface area contributed by atoms with Gasteiger partial charge in [-0.3, -0.25) is 9.59 Å². The minimum Gasteiger partial charge on any atom is -0.465 e. The second-order valence-corrected chi connectivity index (χ2v) is 7.42. The van der Waals surface area contributed by atoms with Crippen molar-refractivity contribution in [2.24, 2.45) is 17.3 Å². The molecule has 0 unspecified atom stereocenters. The van der Waals surface area contributed by atoms with Gasteiger partial charge in [-0.05, 0) is 23.7 Å². The van der Waals surface area contributed by atoms with Crippen LogP contribution < -0.4 is 0 Å². The maximum absolute atomic E-state index is 12.0. The van der Waals surface area contributed by atoms with Crippen molar-refractivity contribution in [3.05, 3.63) is 0 Å². The van der Waals surface area contributed by atoms with Crippen LogP contribution in [0.5, 0.6) is 0 Å². The topological polar surface area (TPSA) is 52.6 Å². The van der Waals surface area contributed by atoms with E-state index in [0.717, 1.165) is 19.3 Å². The zero-order valence-electron chi connectivity index (χ0n) is 15.2. The molecule has 0 aromatic rings. The van der Waals surface area contributed by atoms with Crippen LogP contribution in [0.15, 0.2) is 0 Å². The van der Waals surface area contributed by atoms with Crippen molar-refractivity contribution in [2.45, 2.75) is 73.6 Å². The van der Waals surface area contributed by atoms with Crippen LogP contribution in [0.3, 0.4) is 0 Å². The monoisotopic (exact) mass is 314 g/mol. The van der Waals surface area contributed by atoms with Gasteiger partial charge >= 0.3 is 11.9 Å². The summed E-state index contributed by atoms with van der Waals surface area (Å²) in [5.41, 5.74) is -0.377. The molecule has 4 nitrogen and oxygen atoms in total. The van der Waals surface area contributed by atoms with Gasteiger partial charge in [0.15, 0.2) is 0 Å². The molecule has 0 N–H and O–H groups in total. The molecule has 0 amide bonds. The van der Waals surface area contributed by atoms with Gasteiger partial charge in [0.25, 0.3) is 0 Å². The fourth-order valence-corrected chi connectivity index (χ4v) is 2.16. The lowest BCUT2D eigenvalue weighted by Crippen LogP contribution is -2.27. The molecule has 0 aromatic carbocycles. The molecular formula is C18H34O4. The summed E-state index contributed by atoms with van der Waals surface area (Å²) in [5, 5.41) is 0. The third kappa shape index (κ3) is 10.6. The SMILES string of the molecule is CCCCC(C)(CC(=O)OCC(C)C)CC(=O)OCC(C)C. The highest BCUT2D eigenvalue weighted by Gasteiger charge is 2.31. The molecular weight excluding hydrogens is 280 g/mol. The smallest absolute Gasteiger partial charge is 0.306 e. The maximum atomic E-state index is 12.0. The Hall–Kier alpha value is -1.06. The second kappa shape index (κ2) is 10.6. The Morgan fingerprint density at radius 1 is 0.909 bits per heavy atom. The van der Waals surface area contributed by atoms with E-state index in [9.17, 15) is 9.59 Å². The maximum Gasteiger partial charge on any atom is 0.306 e. The highest BCUT2D eigenvalue weighted by Crippen LogP contribution is 2.33. The number of rotatable bonds is 11. The van der Waals surface area contributed by atoms with Crippen LogP contribution in [0.25, 0.3) is 0 Å². The van der Waals surface area contributed by atoms with E-state index in [2.05, 4.69) is 6.92 Å². The van der Waals surface area contributed by atoms with Crippen LogP contribution >= 0.6 is 0 Å². The number of carbonyl (C=O) groups is 2. The highest BCUT2D eigenvalue weighted by molar-refractivity contribution is 5.74. The number of carbonyl (C=O) groups excluding carboxylic acids is 2. The van der Waals surface area contributed by atoms with Crippen molar-refractivity contribution in [3.8, 4) is 0 Å². The quantitative estimate of drug-likeness (QED) is 0.532. The molecule has 0 rings (SSSR count). The minimum absolute atomic E-state index is 0.219. The number of ether oxygens (including phenoxy) is 2. The van der Waals surface area contributed by atoms with Crippen molar-refractivity contribution >= 4 is 11.9 Å². The van der Waals surface area contributed by atoms with Crippen LogP contribution in [0.1, 0.15) is 73.6 Å². The van der Waals surface area contributed by atoms with E-state index in [1.54, 1.807) is 0 Å². The minimum atomic E-state index is -0.377. The lowest BCUT2D eigenvalue weighted by molar-refractivity contribution is -0.151. The van der Waals surface area contributed by atoms with Gasteiger partial charge in [0.1, 0.15) is 0 Å². The first-order valence-corrected chi connectivity index (χ1v) is 8.49. The van der Waals surface area contributed by atoms with Crippen LogP contribution in [0, 0.1) is 17.3 Å². The van der Waals surface area contributed by atoms with Crippen molar-refractivity contribution in [1.82, 2.24) is 0 Å². The molecule has 130 valence electrons. The number of unbranched alkanes of at least 4 members (excludes halogenated alkanes) is 1. The van der Waals surface area contributed by atoms with E-state index in [4.69, 9.17) is 9.47 Å². The molecule has 0 radical (unpaired) electrons. The average Bonchev–Trinajstić information content (AvgIpc) is 2.40. The molecule has 0 fully saturated rings. The third-order valence-corrected chi connectivity index (χ3v) is 3.43. The van der Waals surface area contributed by atoms with Crippen molar-refractivity contribution in [2.75, 3.05) is 13.2 Å². The Bertz CT molecular complexity index is 308. The first-order valence-electron chi connectivity index (χ1n) is 8.49. The van der Waals surface area contributed by atoms with Gasteiger partial charge in [0, 0.05) is 0 Å². The molecule has 0 aromatic heterocycles. The molecule has 0 aliphatic carbocycles. The molecule has 0 heterocycles. The Morgan fingerprint density at radius 2 is 1.32 bits per heavy atom. The second-order valence-electron chi connectivity index (χ2n) is 7.42. The number of esters is 2. The van der Waals surface area contributed by atoms with Crippen LogP contribution in [0.2, 0.25) is 0 Å². The van der Waals surface area contributed by atoms with Crippen molar-refractivity contribution in [1.29, 1.82) is 0 Å². The van der Waals surface area contributed by atoms with E-state index >= 15 is 0 Å². The fraction of sp³-hybridized carbons (Fsp3) is 0.889. The Balaban J connectivity index is 4.55. The lowest BCUT2D eigenvalue weighted by Gasteiger charge is -2.28. The summed E-state index contributed by atoms with van der Waals surface area (Å²) >= 11 is 0. The van der Waals surface area contributed by atoms with E-state index in [0.29, 0.717) is 25.0 Å². The van der Waals surface area contributed by atoms with Gasteiger partial charge in [-0.2, -0.15) is 0 Å². The van der Waals surface area contributed by atoms with Gasteiger partial charge in [-0.25, -0.2) is 0 Å². The molecule has 0 aliphatic rings. The van der Waals surface area contributed by atoms with Crippen LogP contribution in [-0.4, -0.2) is 25.2 Å². The Morgan fingerprint density at radius 3 is 1.64 bits per heavy atom. The van der Waals surface area contributed by atoms with E-state index in [1.165, 1.54) is 0 Å². The van der Waals surface area contributed by atoms with Gasteiger partial charge in [-0.1, -0.05) is 54.4 Å². The normalized spacial score (nSPS) is 11.8. The van der Waals surface area contributed by atoms with Gasteiger partial charge in [0.2, 0.25) is 0 Å². The molecule has 4 heteroatoms. The predicted octanol–water partition coefficient (Wildman–Crippen LogP) is 4.36. The molecule has 22 heavy (non-hydrogen) atoms. The number of hydrogen-bond acceptors (Lipinski definition) is 4. The molecule has 0 saturated heterocycles. The largest absolute Gasteiger partial charge is 0.465 e. The van der Waals surface area contributed by atoms with Gasteiger partial charge < -0.3 is 9.47 Å². The first-order chi connectivity index (χ1) is 10.2. The summed E-state index contributed by atoms with van der Waals surface area (Å²) in [6, 6.07) is 0. The summed E-state index contributed by atoms with van der Waals surface area (Å²) in [6.07, 6.45) is 3.41. The molecule has 0 aliphatic heterocycles. The molecule has 0 bridgehead atoms. The van der Waals surface area contributed by atoms with Crippen molar-refractivity contribution < 1.29 is 19.1 Å². The molecule has 0 atom stereocenters. The zero-order valence-corrected chi connectivity index (χ0v) is 15.2. The Labute approximate surface area is 135 Å². The molecule has 0 spiro atoms. The van der Waals surface area contributed by atoms with Crippen LogP contribution in [0.4, 0.5) is 0 Å². The fourth-order valence-electron chi connectivity index (χ4n) is 2.16. The van der Waals surface area contributed by atoms with E-state index < -0.39 is 0 Å². The third-order valence-electron chi connectivity index (χ3n) is 3.43. The standard InChI is InChI=1S/C18H34O4/c1-7-8-9-18(6,10-16(19)21-12-14(2)3)11-17(20)22-13-15(4)5/h14-15H,7-13H2,1-6H3. The predicted molar refractivity (Wildman–Crippen MR) is 88.5 cm³/mol. The first kappa shape index (κ1) is 20.9. The lowest BCUT2D eigenvalue weighted by atomic mass is 9.79. The number of hydrogen-bond donors (Lipinski definition) is 0. The summed E-state index contributed by atoms with van der Waals surface area (Å²) in [6.45, 7) is 13.0. The zero-order chi connectivity index (χ0) is 17.2. The van der Waals surface area contributed by atoms with E-state index in [-0.39, 0.29) is 30.2 Å². The van der Waals surface area contributed by atoms with Gasteiger partial charge in [-0.15, -0.1) is 0 Å². The van der Waals surface area contributed by atoms with Gasteiger partial charge in [0.05, 0.1) is 26.1 Å². The average molecular weight is 314 g/mol. The summed E-state index contributed by atoms with van der Waals surface area (Å²) in [4.78, 5) is 24.0. The Kier molecular flexibility index (Phi) is 10.1. The summed E-state index contributed by atoms with van der Waals surface area (Å²) < 4.78 is 10.5. The van der Waals surface area contributed by atoms with E-state index in [1.807, 2.05) is 34.6 Å². The summed E-state index contributed by atoms with van der Waals surface area (Å²) in [5.74, 6) is 0.205. The highest BCUT2D eigenvalue weighted by atomic mass is 16.5. The van der Waals surface area contributed by atoms with Crippen LogP contribution in [-0.2, 0) is 19.1 Å². The van der Waals surface area contributed by atoms with Crippen molar-refractivity contribution in [3.63, 3.8) is 0 Å².